The Labute approximate surface area is 147 Å². The molecule has 1 aliphatic heterocycles. The molecule has 2 aromatic heterocycles. The molecule has 26 heavy (non-hydrogen) atoms. The number of benzene rings is 1. The van der Waals surface area contributed by atoms with E-state index in [1.165, 1.54) is 12.4 Å². The summed E-state index contributed by atoms with van der Waals surface area (Å²) in [6, 6.07) is 6.85. The number of nitrogens with zero attached hydrogens (tertiary/aromatic N) is 3. The molecular weight excluding hydrogens is 345 g/mol. The van der Waals surface area contributed by atoms with Crippen LogP contribution in [0.4, 0.5) is 19.0 Å². The third kappa shape index (κ3) is 2.90. The quantitative estimate of drug-likeness (QED) is 0.733. The predicted molar refractivity (Wildman–Crippen MR) is 90.7 cm³/mol. The van der Waals surface area contributed by atoms with Crippen molar-refractivity contribution >= 4 is 16.9 Å². The molecule has 4 rings (SSSR count). The molecule has 0 amide bonds. The second-order valence-electron chi connectivity index (χ2n) is 6.53. The van der Waals surface area contributed by atoms with Crippen LogP contribution in [0.15, 0.2) is 42.9 Å². The number of halogens is 3. The van der Waals surface area contributed by atoms with Gasteiger partial charge < -0.3 is 15.0 Å². The Bertz CT molecular complexity index is 929. The van der Waals surface area contributed by atoms with Gasteiger partial charge in [-0.05, 0) is 36.6 Å². The van der Waals surface area contributed by atoms with Gasteiger partial charge in [0.2, 0.25) is 0 Å². The Kier molecular flexibility index (Phi) is 3.87. The highest BCUT2D eigenvalue weighted by Gasteiger charge is 2.37. The number of anilines is 1. The molecule has 3 heterocycles. The number of aliphatic hydroxyl groups is 1. The lowest BCUT2D eigenvalue weighted by Gasteiger charge is -2.39. The number of rotatable bonds is 2. The Balaban J connectivity index is 1.57. The normalized spacial score (nSPS) is 17.6. The van der Waals surface area contributed by atoms with Gasteiger partial charge in [-0.15, -0.1) is 0 Å². The lowest BCUT2D eigenvalue weighted by atomic mass is 9.83. The van der Waals surface area contributed by atoms with Crippen molar-refractivity contribution in [3.63, 3.8) is 0 Å². The van der Waals surface area contributed by atoms with E-state index < -0.39 is 17.3 Å². The number of H-pyrrole nitrogens is 1. The summed E-state index contributed by atoms with van der Waals surface area (Å²) in [5.41, 5.74) is -0.979. The van der Waals surface area contributed by atoms with Gasteiger partial charge >= 0.3 is 6.18 Å². The molecule has 8 heteroatoms. The summed E-state index contributed by atoms with van der Waals surface area (Å²) in [5.74, 6) is 0.766. The van der Waals surface area contributed by atoms with Gasteiger partial charge in [-0.2, -0.15) is 13.2 Å². The predicted octanol–water partition coefficient (Wildman–Crippen LogP) is 3.46. The van der Waals surface area contributed by atoms with Crippen LogP contribution in [0.3, 0.4) is 0 Å². The number of aromatic amines is 1. The lowest BCUT2D eigenvalue weighted by molar-refractivity contribution is -0.137. The van der Waals surface area contributed by atoms with E-state index in [1.54, 1.807) is 12.3 Å². The Hall–Kier alpha value is -2.61. The standard InChI is InChI=1S/C18H17F3N4O/c19-18(20,21)13-3-1-2-12(10-13)17(26)5-8-25(9-6-17)16-14-4-7-22-15(14)23-11-24-16/h1-4,7,10-11,26H,5-6,8-9H2,(H,22,23,24). The summed E-state index contributed by atoms with van der Waals surface area (Å²) in [7, 11) is 0. The molecule has 0 unspecified atom stereocenters. The number of nitrogens with one attached hydrogen (secondary N) is 1. The topological polar surface area (TPSA) is 65.0 Å². The maximum atomic E-state index is 13.0. The molecule has 1 fully saturated rings. The maximum absolute atomic E-state index is 13.0. The summed E-state index contributed by atoms with van der Waals surface area (Å²) in [4.78, 5) is 13.5. The van der Waals surface area contributed by atoms with Crippen molar-refractivity contribution in [1.82, 2.24) is 15.0 Å². The summed E-state index contributed by atoms with van der Waals surface area (Å²) < 4.78 is 38.9. The van der Waals surface area contributed by atoms with Crippen molar-refractivity contribution in [2.45, 2.75) is 24.6 Å². The summed E-state index contributed by atoms with van der Waals surface area (Å²) in [6.07, 6.45) is -0.518. The third-order valence-corrected chi connectivity index (χ3v) is 4.95. The zero-order valence-corrected chi connectivity index (χ0v) is 13.8. The van der Waals surface area contributed by atoms with Gasteiger partial charge in [0.1, 0.15) is 17.8 Å². The first kappa shape index (κ1) is 16.8. The summed E-state index contributed by atoms with van der Waals surface area (Å²) in [5, 5.41) is 11.8. The highest BCUT2D eigenvalue weighted by atomic mass is 19.4. The minimum atomic E-state index is -4.42. The molecule has 0 spiro atoms. The fourth-order valence-electron chi connectivity index (χ4n) is 3.47. The number of aromatic nitrogens is 3. The van der Waals surface area contributed by atoms with Crippen LogP contribution in [0, 0.1) is 0 Å². The van der Waals surface area contributed by atoms with Crippen LogP contribution in [0.2, 0.25) is 0 Å². The van der Waals surface area contributed by atoms with E-state index in [4.69, 9.17) is 0 Å². The van der Waals surface area contributed by atoms with Gasteiger partial charge in [0, 0.05) is 19.3 Å². The number of hydrogen-bond acceptors (Lipinski definition) is 4. The van der Waals surface area contributed by atoms with Crippen molar-refractivity contribution in [3.8, 4) is 0 Å². The lowest BCUT2D eigenvalue weighted by Crippen LogP contribution is -2.43. The maximum Gasteiger partial charge on any atom is 0.416 e. The average Bonchev–Trinajstić information content (AvgIpc) is 3.11. The second-order valence-corrected chi connectivity index (χ2v) is 6.53. The van der Waals surface area contributed by atoms with Crippen LogP contribution in [0.25, 0.3) is 11.0 Å². The molecule has 0 bridgehead atoms. The molecule has 0 radical (unpaired) electrons. The van der Waals surface area contributed by atoms with Crippen molar-refractivity contribution in [1.29, 1.82) is 0 Å². The SMILES string of the molecule is OC1(c2cccc(C(F)(F)F)c2)CCN(c2ncnc3[nH]ccc23)CC1. The minimum absolute atomic E-state index is 0.307. The van der Waals surface area contributed by atoms with Crippen molar-refractivity contribution in [2.24, 2.45) is 0 Å². The smallest absolute Gasteiger partial charge is 0.385 e. The van der Waals surface area contributed by atoms with Gasteiger partial charge in [0.25, 0.3) is 0 Å². The molecule has 136 valence electrons. The van der Waals surface area contributed by atoms with Crippen LogP contribution in [0.5, 0.6) is 0 Å². The van der Waals surface area contributed by atoms with Crippen molar-refractivity contribution in [2.75, 3.05) is 18.0 Å². The van der Waals surface area contributed by atoms with Crippen LogP contribution < -0.4 is 4.90 Å². The van der Waals surface area contributed by atoms with Crippen LogP contribution >= 0.6 is 0 Å². The van der Waals surface area contributed by atoms with Crippen LogP contribution in [0.1, 0.15) is 24.0 Å². The van der Waals surface area contributed by atoms with E-state index in [-0.39, 0.29) is 0 Å². The molecule has 5 nitrogen and oxygen atoms in total. The second kappa shape index (κ2) is 5.98. The number of piperidine rings is 1. The van der Waals surface area contributed by atoms with Gasteiger partial charge in [0.15, 0.2) is 0 Å². The molecule has 0 aliphatic carbocycles. The van der Waals surface area contributed by atoms with E-state index in [9.17, 15) is 18.3 Å². The molecular formula is C18H17F3N4O. The number of fused-ring (bicyclic) bond motifs is 1. The fraction of sp³-hybridized carbons (Fsp3) is 0.333. The third-order valence-electron chi connectivity index (χ3n) is 4.95. The summed E-state index contributed by atoms with van der Waals surface area (Å²) in [6.45, 7) is 0.980. The molecule has 1 aliphatic rings. The zero-order chi connectivity index (χ0) is 18.4. The molecule has 1 aromatic carbocycles. The van der Waals surface area contributed by atoms with Gasteiger partial charge in [0.05, 0.1) is 16.6 Å². The summed E-state index contributed by atoms with van der Waals surface area (Å²) >= 11 is 0. The number of hydrogen-bond donors (Lipinski definition) is 2. The van der Waals surface area contributed by atoms with E-state index in [0.29, 0.717) is 31.5 Å². The molecule has 2 N–H and O–H groups in total. The molecule has 0 saturated carbocycles. The minimum Gasteiger partial charge on any atom is -0.385 e. The first-order valence-corrected chi connectivity index (χ1v) is 8.30. The Morgan fingerprint density at radius 1 is 1.12 bits per heavy atom. The first-order valence-electron chi connectivity index (χ1n) is 8.30. The Morgan fingerprint density at radius 3 is 2.62 bits per heavy atom. The first-order chi connectivity index (χ1) is 12.4. The monoisotopic (exact) mass is 362 g/mol. The Morgan fingerprint density at radius 2 is 1.88 bits per heavy atom. The van der Waals surface area contributed by atoms with Gasteiger partial charge in [-0.3, -0.25) is 0 Å². The van der Waals surface area contributed by atoms with Gasteiger partial charge in [-0.1, -0.05) is 12.1 Å². The highest BCUT2D eigenvalue weighted by molar-refractivity contribution is 5.87. The van der Waals surface area contributed by atoms with Crippen molar-refractivity contribution < 1.29 is 18.3 Å². The van der Waals surface area contributed by atoms with E-state index in [2.05, 4.69) is 15.0 Å². The molecule has 3 aromatic rings. The van der Waals surface area contributed by atoms with Crippen LogP contribution in [-0.4, -0.2) is 33.1 Å². The number of alkyl halides is 3. The van der Waals surface area contributed by atoms with E-state index in [1.807, 2.05) is 11.0 Å². The van der Waals surface area contributed by atoms with Crippen LogP contribution in [-0.2, 0) is 11.8 Å². The van der Waals surface area contributed by atoms with E-state index in [0.717, 1.165) is 29.0 Å². The molecule has 0 atom stereocenters. The zero-order valence-electron chi connectivity index (χ0n) is 13.8. The van der Waals surface area contributed by atoms with Crippen molar-refractivity contribution in [3.05, 3.63) is 54.0 Å². The highest BCUT2D eigenvalue weighted by Crippen LogP contribution is 2.38. The largest absolute Gasteiger partial charge is 0.416 e. The van der Waals surface area contributed by atoms with E-state index >= 15 is 0 Å². The molecule has 1 saturated heterocycles. The van der Waals surface area contributed by atoms with Gasteiger partial charge in [-0.25, -0.2) is 9.97 Å². The average molecular weight is 362 g/mol. The fourth-order valence-corrected chi connectivity index (χ4v) is 3.47.